The third kappa shape index (κ3) is 5.83. The number of hydrogen-bond acceptors (Lipinski definition) is 2. The number of rotatable bonds is 7. The molecule has 0 aromatic heterocycles. The summed E-state index contributed by atoms with van der Waals surface area (Å²) in [6.07, 6.45) is 7.33. The van der Waals surface area contributed by atoms with Crippen molar-refractivity contribution < 1.29 is 9.84 Å². The Labute approximate surface area is 81.6 Å². The fourth-order valence-electron chi connectivity index (χ4n) is 1.43. The lowest BCUT2D eigenvalue weighted by Crippen LogP contribution is -2.17. The summed E-state index contributed by atoms with van der Waals surface area (Å²) in [6, 6.07) is 0. The molecule has 78 valence electrons. The Morgan fingerprint density at radius 1 is 1.46 bits per heavy atom. The van der Waals surface area contributed by atoms with Gasteiger partial charge in [-0.3, -0.25) is 0 Å². The van der Waals surface area contributed by atoms with E-state index in [9.17, 15) is 0 Å². The summed E-state index contributed by atoms with van der Waals surface area (Å²) >= 11 is 0. The maximum absolute atomic E-state index is 8.60. The van der Waals surface area contributed by atoms with Crippen LogP contribution in [0, 0.1) is 5.92 Å². The monoisotopic (exact) mass is 186 g/mol. The van der Waals surface area contributed by atoms with E-state index < -0.39 is 0 Å². The van der Waals surface area contributed by atoms with Crippen LogP contribution < -0.4 is 0 Å². The summed E-state index contributed by atoms with van der Waals surface area (Å²) in [5.41, 5.74) is 0. The van der Waals surface area contributed by atoms with Crippen LogP contribution in [0.5, 0.6) is 0 Å². The lowest BCUT2D eigenvalue weighted by Gasteiger charge is -2.18. The van der Waals surface area contributed by atoms with Gasteiger partial charge in [-0.1, -0.05) is 32.4 Å². The molecule has 0 rings (SSSR count). The fraction of sp³-hybridized carbons (Fsp3) is 0.818. The minimum atomic E-state index is 0.200. The van der Waals surface area contributed by atoms with Crippen LogP contribution in [0.15, 0.2) is 12.2 Å². The van der Waals surface area contributed by atoms with E-state index in [1.54, 1.807) is 7.11 Å². The van der Waals surface area contributed by atoms with Gasteiger partial charge in [-0.2, -0.15) is 0 Å². The van der Waals surface area contributed by atoms with Crippen molar-refractivity contribution in [2.24, 2.45) is 5.92 Å². The molecule has 0 aliphatic heterocycles. The SMILES string of the molecule is CCCC(C)C(C=CCCO)OC. The Morgan fingerprint density at radius 2 is 2.15 bits per heavy atom. The van der Waals surface area contributed by atoms with E-state index in [2.05, 4.69) is 19.9 Å². The molecule has 2 heteroatoms. The van der Waals surface area contributed by atoms with Gasteiger partial charge in [0.25, 0.3) is 0 Å². The molecule has 0 spiro atoms. The van der Waals surface area contributed by atoms with Crippen LogP contribution in [0.25, 0.3) is 0 Å². The van der Waals surface area contributed by atoms with Crippen molar-refractivity contribution in [2.45, 2.75) is 39.2 Å². The molecule has 0 heterocycles. The van der Waals surface area contributed by atoms with Crippen molar-refractivity contribution in [2.75, 3.05) is 13.7 Å². The van der Waals surface area contributed by atoms with Gasteiger partial charge in [0.2, 0.25) is 0 Å². The number of methoxy groups -OCH3 is 1. The predicted molar refractivity (Wildman–Crippen MR) is 55.7 cm³/mol. The first-order valence-corrected chi connectivity index (χ1v) is 5.06. The summed E-state index contributed by atoms with van der Waals surface area (Å²) in [5.74, 6) is 0.560. The van der Waals surface area contributed by atoms with Gasteiger partial charge < -0.3 is 9.84 Å². The highest BCUT2D eigenvalue weighted by molar-refractivity contribution is 4.91. The molecule has 0 aromatic carbocycles. The highest BCUT2D eigenvalue weighted by Gasteiger charge is 2.11. The second-order valence-corrected chi connectivity index (χ2v) is 3.41. The maximum atomic E-state index is 8.60. The molecule has 0 bridgehead atoms. The van der Waals surface area contributed by atoms with E-state index >= 15 is 0 Å². The Hall–Kier alpha value is -0.340. The lowest BCUT2D eigenvalue weighted by atomic mass is 9.99. The number of ether oxygens (including phenoxy) is 1. The van der Waals surface area contributed by atoms with Gasteiger partial charge in [0.05, 0.1) is 6.10 Å². The largest absolute Gasteiger partial charge is 0.396 e. The predicted octanol–water partition coefficient (Wildman–Crippen LogP) is 2.38. The van der Waals surface area contributed by atoms with Crippen LogP contribution in [-0.4, -0.2) is 24.9 Å². The average Bonchev–Trinajstić information content (AvgIpc) is 2.13. The second-order valence-electron chi connectivity index (χ2n) is 3.41. The average molecular weight is 186 g/mol. The van der Waals surface area contributed by atoms with E-state index in [1.807, 2.05) is 6.08 Å². The van der Waals surface area contributed by atoms with Gasteiger partial charge in [0.15, 0.2) is 0 Å². The van der Waals surface area contributed by atoms with Crippen LogP contribution in [0.1, 0.15) is 33.1 Å². The highest BCUT2D eigenvalue weighted by atomic mass is 16.5. The first-order chi connectivity index (χ1) is 6.26. The Balaban J connectivity index is 3.85. The van der Waals surface area contributed by atoms with Gasteiger partial charge in [0, 0.05) is 13.7 Å². The number of hydrogen-bond donors (Lipinski definition) is 1. The molecule has 0 aromatic rings. The van der Waals surface area contributed by atoms with E-state index in [0.717, 1.165) is 6.42 Å². The first kappa shape index (κ1) is 12.7. The smallest absolute Gasteiger partial charge is 0.0777 e. The molecular formula is C11H22O2. The molecule has 0 saturated heterocycles. The number of aliphatic hydroxyl groups excluding tert-OH is 1. The normalized spacial score (nSPS) is 16.3. The zero-order valence-corrected chi connectivity index (χ0v) is 8.99. The summed E-state index contributed by atoms with van der Waals surface area (Å²) in [4.78, 5) is 0. The van der Waals surface area contributed by atoms with Gasteiger partial charge in [-0.15, -0.1) is 0 Å². The minimum absolute atomic E-state index is 0.200. The molecule has 0 saturated carbocycles. The molecule has 0 amide bonds. The summed E-state index contributed by atoms with van der Waals surface area (Å²) in [5, 5.41) is 8.60. The van der Waals surface area contributed by atoms with E-state index in [1.165, 1.54) is 12.8 Å². The molecular weight excluding hydrogens is 164 g/mol. The zero-order valence-electron chi connectivity index (χ0n) is 8.99. The van der Waals surface area contributed by atoms with Crippen LogP contribution in [0.2, 0.25) is 0 Å². The Morgan fingerprint density at radius 3 is 2.62 bits per heavy atom. The molecule has 2 unspecified atom stereocenters. The minimum Gasteiger partial charge on any atom is -0.396 e. The van der Waals surface area contributed by atoms with Crippen molar-refractivity contribution in [3.63, 3.8) is 0 Å². The van der Waals surface area contributed by atoms with Crippen LogP contribution in [-0.2, 0) is 4.74 Å². The molecule has 2 atom stereocenters. The summed E-state index contributed by atoms with van der Waals surface area (Å²) in [6.45, 7) is 4.59. The number of aliphatic hydroxyl groups is 1. The van der Waals surface area contributed by atoms with E-state index in [0.29, 0.717) is 5.92 Å². The van der Waals surface area contributed by atoms with E-state index in [4.69, 9.17) is 9.84 Å². The second kappa shape index (κ2) is 8.27. The van der Waals surface area contributed by atoms with Crippen molar-refractivity contribution in [3.05, 3.63) is 12.2 Å². The van der Waals surface area contributed by atoms with Crippen molar-refractivity contribution in [1.29, 1.82) is 0 Å². The molecule has 0 radical (unpaired) electrons. The van der Waals surface area contributed by atoms with Gasteiger partial charge in [0.1, 0.15) is 0 Å². The van der Waals surface area contributed by atoms with Crippen molar-refractivity contribution >= 4 is 0 Å². The van der Waals surface area contributed by atoms with E-state index in [-0.39, 0.29) is 12.7 Å². The van der Waals surface area contributed by atoms with Crippen LogP contribution in [0.3, 0.4) is 0 Å². The molecule has 0 aliphatic rings. The molecule has 13 heavy (non-hydrogen) atoms. The molecule has 1 N–H and O–H groups in total. The quantitative estimate of drug-likeness (QED) is 0.618. The van der Waals surface area contributed by atoms with Crippen LogP contribution >= 0.6 is 0 Å². The standard InChI is InChI=1S/C11H22O2/c1-4-7-10(2)11(13-3)8-5-6-9-12/h5,8,10-12H,4,6-7,9H2,1-3H3. The highest BCUT2D eigenvalue weighted by Crippen LogP contribution is 2.14. The topological polar surface area (TPSA) is 29.5 Å². The van der Waals surface area contributed by atoms with Crippen LogP contribution in [0.4, 0.5) is 0 Å². The lowest BCUT2D eigenvalue weighted by molar-refractivity contribution is 0.0923. The van der Waals surface area contributed by atoms with Gasteiger partial charge in [-0.05, 0) is 18.8 Å². The Kier molecular flexibility index (Phi) is 8.05. The third-order valence-electron chi connectivity index (χ3n) is 2.20. The maximum Gasteiger partial charge on any atom is 0.0777 e. The van der Waals surface area contributed by atoms with Crippen molar-refractivity contribution in [1.82, 2.24) is 0 Å². The molecule has 2 nitrogen and oxygen atoms in total. The molecule has 0 aliphatic carbocycles. The Bertz CT molecular complexity index is 132. The third-order valence-corrected chi connectivity index (χ3v) is 2.20. The van der Waals surface area contributed by atoms with Gasteiger partial charge in [-0.25, -0.2) is 0 Å². The summed E-state index contributed by atoms with van der Waals surface area (Å²) < 4.78 is 5.34. The molecule has 0 fully saturated rings. The fourth-order valence-corrected chi connectivity index (χ4v) is 1.43. The van der Waals surface area contributed by atoms with Gasteiger partial charge >= 0.3 is 0 Å². The zero-order chi connectivity index (χ0) is 10.1. The first-order valence-electron chi connectivity index (χ1n) is 5.06. The summed E-state index contributed by atoms with van der Waals surface area (Å²) in [7, 11) is 1.74. The van der Waals surface area contributed by atoms with Crippen molar-refractivity contribution in [3.8, 4) is 0 Å².